The molecular formula is C21H17ClN4O4. The molecule has 0 saturated heterocycles. The van der Waals surface area contributed by atoms with Crippen molar-refractivity contribution in [2.24, 2.45) is 0 Å². The van der Waals surface area contributed by atoms with Crippen molar-refractivity contribution < 1.29 is 14.5 Å². The topological polar surface area (TPSA) is 99.3 Å². The summed E-state index contributed by atoms with van der Waals surface area (Å²) in [6, 6.07) is 10.8. The molecule has 1 aliphatic heterocycles. The zero-order valence-corrected chi connectivity index (χ0v) is 16.7. The largest absolute Gasteiger partial charge is 0.458 e. The molecule has 1 aliphatic rings. The number of nitrogens with one attached hydrogen (secondary N) is 1. The Balaban J connectivity index is 2.00. The summed E-state index contributed by atoms with van der Waals surface area (Å²) in [6.07, 6.45) is 1.47. The van der Waals surface area contributed by atoms with Gasteiger partial charge in [-0.05, 0) is 25.1 Å². The Bertz CT molecular complexity index is 1230. The standard InChI is InChI=1S/C21H17ClN4O4/c1-3-10-30-20(27)18-12(2)23-21-24-16-6-4-5-7-17(16)25(21)19(18)14-11-13(26(28)29)8-9-15(14)22/h3-9,11,19H,1,10H2,2H3,(H,23,24)/t19-/m0/s1. The summed E-state index contributed by atoms with van der Waals surface area (Å²) in [5, 5.41) is 14.8. The van der Waals surface area contributed by atoms with Gasteiger partial charge in [0.2, 0.25) is 5.95 Å². The lowest BCUT2D eigenvalue weighted by Gasteiger charge is -2.30. The van der Waals surface area contributed by atoms with Gasteiger partial charge in [0, 0.05) is 28.4 Å². The lowest BCUT2D eigenvalue weighted by Crippen LogP contribution is -2.29. The van der Waals surface area contributed by atoms with Crippen molar-refractivity contribution in [3.05, 3.63) is 87.1 Å². The molecule has 0 bridgehead atoms. The number of anilines is 1. The Hall–Kier alpha value is -3.65. The van der Waals surface area contributed by atoms with Crippen molar-refractivity contribution in [2.75, 3.05) is 11.9 Å². The first-order valence-corrected chi connectivity index (χ1v) is 9.46. The number of carbonyl (C=O) groups is 1. The van der Waals surface area contributed by atoms with Gasteiger partial charge in [-0.3, -0.25) is 14.7 Å². The number of hydrogen-bond acceptors (Lipinski definition) is 6. The number of halogens is 1. The Morgan fingerprint density at radius 3 is 2.90 bits per heavy atom. The molecule has 0 amide bonds. The number of benzene rings is 2. The van der Waals surface area contributed by atoms with E-state index >= 15 is 0 Å². The molecule has 0 aliphatic carbocycles. The monoisotopic (exact) mass is 424 g/mol. The molecule has 0 spiro atoms. The molecule has 2 heterocycles. The number of nitro benzene ring substituents is 1. The van der Waals surface area contributed by atoms with E-state index in [0.29, 0.717) is 22.7 Å². The molecular weight excluding hydrogens is 408 g/mol. The van der Waals surface area contributed by atoms with Gasteiger partial charge >= 0.3 is 5.97 Å². The lowest BCUT2D eigenvalue weighted by atomic mass is 9.94. The predicted molar refractivity (Wildman–Crippen MR) is 113 cm³/mol. The molecule has 1 atom stereocenters. The van der Waals surface area contributed by atoms with Gasteiger partial charge in [0.25, 0.3) is 5.69 Å². The number of imidazole rings is 1. The van der Waals surface area contributed by atoms with E-state index in [2.05, 4.69) is 16.9 Å². The molecule has 1 N–H and O–H groups in total. The van der Waals surface area contributed by atoms with Crippen LogP contribution >= 0.6 is 11.6 Å². The maximum Gasteiger partial charge on any atom is 0.338 e. The highest BCUT2D eigenvalue weighted by Gasteiger charge is 2.36. The van der Waals surface area contributed by atoms with Gasteiger partial charge in [-0.25, -0.2) is 9.78 Å². The van der Waals surface area contributed by atoms with Gasteiger partial charge in [0.05, 0.1) is 27.6 Å². The summed E-state index contributed by atoms with van der Waals surface area (Å²) >= 11 is 6.47. The highest BCUT2D eigenvalue weighted by molar-refractivity contribution is 6.31. The van der Waals surface area contributed by atoms with Crippen LogP contribution in [0.1, 0.15) is 18.5 Å². The fourth-order valence-corrected chi connectivity index (χ4v) is 3.81. The Kier molecular flexibility index (Phi) is 5.01. The normalized spacial score (nSPS) is 15.5. The third kappa shape index (κ3) is 3.21. The molecule has 0 unspecified atom stereocenters. The van der Waals surface area contributed by atoms with Crippen LogP contribution in [0.25, 0.3) is 11.0 Å². The Morgan fingerprint density at radius 1 is 1.40 bits per heavy atom. The molecule has 0 radical (unpaired) electrons. The maximum absolute atomic E-state index is 13.0. The molecule has 9 heteroatoms. The number of para-hydroxylation sites is 2. The highest BCUT2D eigenvalue weighted by Crippen LogP contribution is 2.42. The van der Waals surface area contributed by atoms with Crippen LogP contribution in [-0.2, 0) is 9.53 Å². The second kappa shape index (κ2) is 7.64. The average molecular weight is 425 g/mol. The number of nitrogens with zero attached hydrogens (tertiary/aromatic N) is 3. The fourth-order valence-electron chi connectivity index (χ4n) is 3.59. The summed E-state index contributed by atoms with van der Waals surface area (Å²) in [6.45, 7) is 5.33. The summed E-state index contributed by atoms with van der Waals surface area (Å²) in [5.41, 5.74) is 2.54. The van der Waals surface area contributed by atoms with Gasteiger partial charge in [-0.15, -0.1) is 0 Å². The molecule has 2 aromatic carbocycles. The molecule has 8 nitrogen and oxygen atoms in total. The number of non-ortho nitro benzene ring substituents is 1. The lowest BCUT2D eigenvalue weighted by molar-refractivity contribution is -0.384. The number of rotatable bonds is 5. The number of aromatic nitrogens is 2. The van der Waals surface area contributed by atoms with E-state index in [1.165, 1.54) is 24.3 Å². The summed E-state index contributed by atoms with van der Waals surface area (Å²) < 4.78 is 7.11. The summed E-state index contributed by atoms with van der Waals surface area (Å²) in [5.74, 6) is -0.0718. The molecule has 0 fully saturated rings. The first-order valence-electron chi connectivity index (χ1n) is 9.09. The quantitative estimate of drug-likeness (QED) is 0.278. The zero-order chi connectivity index (χ0) is 21.4. The number of allylic oxidation sites excluding steroid dienone is 1. The van der Waals surface area contributed by atoms with E-state index in [9.17, 15) is 14.9 Å². The third-order valence-electron chi connectivity index (χ3n) is 4.87. The number of ether oxygens (including phenoxy) is 1. The van der Waals surface area contributed by atoms with Gasteiger partial charge in [-0.1, -0.05) is 36.4 Å². The van der Waals surface area contributed by atoms with Gasteiger partial charge < -0.3 is 10.1 Å². The molecule has 4 rings (SSSR count). The van der Waals surface area contributed by atoms with Gasteiger partial charge in [0.1, 0.15) is 6.61 Å². The number of esters is 1. The van der Waals surface area contributed by atoms with Crippen molar-refractivity contribution >= 4 is 40.2 Å². The van der Waals surface area contributed by atoms with Crippen molar-refractivity contribution in [1.29, 1.82) is 0 Å². The second-order valence-electron chi connectivity index (χ2n) is 6.71. The van der Waals surface area contributed by atoms with Crippen LogP contribution in [0.4, 0.5) is 11.6 Å². The maximum atomic E-state index is 13.0. The van der Waals surface area contributed by atoms with Crippen LogP contribution in [0.5, 0.6) is 0 Å². The highest BCUT2D eigenvalue weighted by atomic mass is 35.5. The zero-order valence-electron chi connectivity index (χ0n) is 16.0. The van der Waals surface area contributed by atoms with Gasteiger partial charge in [0.15, 0.2) is 0 Å². The van der Waals surface area contributed by atoms with Crippen LogP contribution in [-0.4, -0.2) is 27.1 Å². The molecule has 30 heavy (non-hydrogen) atoms. The average Bonchev–Trinajstić information content (AvgIpc) is 3.09. The SMILES string of the molecule is C=CCOC(=O)C1=C(C)Nc2nc3ccccc3n2[C@H]1c1cc([N+](=O)[O-])ccc1Cl. The van der Waals surface area contributed by atoms with Crippen LogP contribution in [0.3, 0.4) is 0 Å². The number of carbonyl (C=O) groups excluding carboxylic acids is 1. The van der Waals surface area contributed by atoms with E-state index in [1.54, 1.807) is 11.5 Å². The Morgan fingerprint density at radius 2 is 2.17 bits per heavy atom. The van der Waals surface area contributed by atoms with E-state index < -0.39 is 16.9 Å². The Labute approximate surface area is 176 Å². The summed E-state index contributed by atoms with van der Waals surface area (Å²) in [4.78, 5) is 28.5. The molecule has 1 aromatic heterocycles. The smallest absolute Gasteiger partial charge is 0.338 e. The molecule has 3 aromatic rings. The van der Waals surface area contributed by atoms with Crippen LogP contribution in [0.2, 0.25) is 5.02 Å². The predicted octanol–water partition coefficient (Wildman–Crippen LogP) is 4.62. The minimum atomic E-state index is -0.765. The number of hydrogen-bond donors (Lipinski definition) is 1. The minimum Gasteiger partial charge on any atom is -0.458 e. The van der Waals surface area contributed by atoms with Crippen LogP contribution in [0, 0.1) is 10.1 Å². The van der Waals surface area contributed by atoms with Crippen LogP contribution in [0.15, 0.2) is 66.4 Å². The van der Waals surface area contributed by atoms with E-state index in [1.807, 2.05) is 24.3 Å². The van der Waals surface area contributed by atoms with Crippen molar-refractivity contribution in [1.82, 2.24) is 9.55 Å². The van der Waals surface area contributed by atoms with Crippen molar-refractivity contribution in [3.8, 4) is 0 Å². The number of fused-ring (bicyclic) bond motifs is 3. The molecule has 0 saturated carbocycles. The first kappa shape index (κ1) is 19.7. The van der Waals surface area contributed by atoms with E-state index in [-0.39, 0.29) is 22.9 Å². The van der Waals surface area contributed by atoms with Gasteiger partial charge in [-0.2, -0.15) is 0 Å². The van der Waals surface area contributed by atoms with E-state index in [0.717, 1.165) is 5.52 Å². The van der Waals surface area contributed by atoms with Crippen LogP contribution < -0.4 is 5.32 Å². The van der Waals surface area contributed by atoms with Crippen molar-refractivity contribution in [3.63, 3.8) is 0 Å². The third-order valence-corrected chi connectivity index (χ3v) is 5.21. The minimum absolute atomic E-state index is 0.0303. The first-order chi connectivity index (χ1) is 14.4. The fraction of sp³-hybridized carbons (Fsp3) is 0.143. The number of nitro groups is 1. The second-order valence-corrected chi connectivity index (χ2v) is 7.12. The van der Waals surface area contributed by atoms with Crippen molar-refractivity contribution in [2.45, 2.75) is 13.0 Å². The van der Waals surface area contributed by atoms with E-state index in [4.69, 9.17) is 16.3 Å². The molecule has 152 valence electrons. The summed E-state index contributed by atoms with van der Waals surface area (Å²) in [7, 11) is 0.